The molecule has 4 heteroatoms. The van der Waals surface area contributed by atoms with Crippen LogP contribution in [0.5, 0.6) is 0 Å². The van der Waals surface area contributed by atoms with Crippen LogP contribution in [0.4, 0.5) is 0 Å². The Morgan fingerprint density at radius 3 is 3.08 bits per heavy atom. The molecule has 0 N–H and O–H groups in total. The van der Waals surface area contributed by atoms with Crippen molar-refractivity contribution in [2.45, 2.75) is 6.42 Å². The lowest BCUT2D eigenvalue weighted by Crippen LogP contribution is -2.03. The van der Waals surface area contributed by atoms with Crippen molar-refractivity contribution < 1.29 is 13.9 Å². The summed E-state index contributed by atoms with van der Waals surface area (Å²) in [6.45, 7) is 0. The Balaban J connectivity index is 2.83. The lowest BCUT2D eigenvalue weighted by atomic mass is 10.2. The van der Waals surface area contributed by atoms with E-state index in [1.54, 1.807) is 6.07 Å². The van der Waals surface area contributed by atoms with Crippen LogP contribution in [0.15, 0.2) is 16.7 Å². The van der Waals surface area contributed by atoms with E-state index in [2.05, 4.69) is 20.7 Å². The molecule has 0 aliphatic carbocycles. The maximum atomic E-state index is 11.0. The monoisotopic (exact) mass is 232 g/mol. The average Bonchev–Trinajstić information content (AvgIpc) is 2.52. The standard InChI is InChI=1S/C8H9BrO3/c1-11-8(10)7-6(2-4-9)3-5-12-7/h3,5H,2,4H2,1H3. The second-order valence-corrected chi connectivity index (χ2v) is 3.00. The van der Waals surface area contributed by atoms with E-state index in [-0.39, 0.29) is 0 Å². The SMILES string of the molecule is COC(=O)c1occc1CCBr. The number of rotatable bonds is 3. The predicted molar refractivity (Wildman–Crippen MR) is 47.5 cm³/mol. The molecule has 0 fully saturated rings. The Bertz CT molecular complexity index is 267. The molecular weight excluding hydrogens is 224 g/mol. The number of methoxy groups -OCH3 is 1. The molecule has 1 aromatic heterocycles. The van der Waals surface area contributed by atoms with E-state index in [0.717, 1.165) is 17.3 Å². The minimum Gasteiger partial charge on any atom is -0.463 e. The van der Waals surface area contributed by atoms with Gasteiger partial charge in [0.1, 0.15) is 0 Å². The topological polar surface area (TPSA) is 39.4 Å². The van der Waals surface area contributed by atoms with Gasteiger partial charge in [-0.3, -0.25) is 0 Å². The number of furan rings is 1. The number of carbonyl (C=O) groups is 1. The molecule has 1 rings (SSSR count). The van der Waals surface area contributed by atoms with Gasteiger partial charge in [0.2, 0.25) is 5.76 Å². The summed E-state index contributed by atoms with van der Waals surface area (Å²) in [5, 5.41) is 0.802. The fraction of sp³-hybridized carbons (Fsp3) is 0.375. The fourth-order valence-electron chi connectivity index (χ4n) is 0.906. The van der Waals surface area contributed by atoms with Crippen LogP contribution in [0.25, 0.3) is 0 Å². The second kappa shape index (κ2) is 4.30. The highest BCUT2D eigenvalue weighted by molar-refractivity contribution is 9.09. The van der Waals surface area contributed by atoms with Crippen molar-refractivity contribution in [2.75, 3.05) is 12.4 Å². The molecule has 0 aromatic carbocycles. The molecule has 0 saturated carbocycles. The molecule has 3 nitrogen and oxygen atoms in total. The van der Waals surface area contributed by atoms with Crippen LogP contribution in [0.3, 0.4) is 0 Å². The van der Waals surface area contributed by atoms with Gasteiger partial charge in [-0.2, -0.15) is 0 Å². The van der Waals surface area contributed by atoms with Crippen molar-refractivity contribution in [1.82, 2.24) is 0 Å². The van der Waals surface area contributed by atoms with Crippen LogP contribution in [-0.2, 0) is 11.2 Å². The van der Waals surface area contributed by atoms with Crippen LogP contribution in [0.1, 0.15) is 16.1 Å². The Hall–Kier alpha value is -0.770. The maximum Gasteiger partial charge on any atom is 0.374 e. The van der Waals surface area contributed by atoms with Gasteiger partial charge < -0.3 is 9.15 Å². The van der Waals surface area contributed by atoms with E-state index >= 15 is 0 Å². The minimum atomic E-state index is -0.420. The third kappa shape index (κ3) is 1.88. The highest BCUT2D eigenvalue weighted by atomic mass is 79.9. The summed E-state index contributed by atoms with van der Waals surface area (Å²) >= 11 is 3.28. The van der Waals surface area contributed by atoms with Gasteiger partial charge in [0.05, 0.1) is 13.4 Å². The third-order valence-electron chi connectivity index (χ3n) is 1.48. The van der Waals surface area contributed by atoms with Gasteiger partial charge >= 0.3 is 5.97 Å². The summed E-state index contributed by atoms with van der Waals surface area (Å²) < 4.78 is 9.51. The minimum absolute atomic E-state index is 0.303. The molecule has 0 atom stereocenters. The van der Waals surface area contributed by atoms with Crippen LogP contribution in [0, 0.1) is 0 Å². The molecule has 0 unspecified atom stereocenters. The molecule has 0 spiro atoms. The zero-order chi connectivity index (χ0) is 8.97. The van der Waals surface area contributed by atoms with Crippen LogP contribution in [0.2, 0.25) is 0 Å². The molecule has 0 bridgehead atoms. The van der Waals surface area contributed by atoms with Gasteiger partial charge in [-0.05, 0) is 12.5 Å². The quantitative estimate of drug-likeness (QED) is 0.592. The van der Waals surface area contributed by atoms with E-state index in [1.807, 2.05) is 0 Å². The zero-order valence-corrected chi connectivity index (χ0v) is 8.26. The second-order valence-electron chi connectivity index (χ2n) is 2.21. The van der Waals surface area contributed by atoms with E-state index < -0.39 is 5.97 Å². The molecule has 0 amide bonds. The first-order chi connectivity index (χ1) is 5.79. The molecular formula is C8H9BrO3. The normalized spacial score (nSPS) is 9.83. The molecule has 66 valence electrons. The number of aryl methyl sites for hydroxylation is 1. The smallest absolute Gasteiger partial charge is 0.374 e. The van der Waals surface area contributed by atoms with Crippen molar-refractivity contribution in [3.8, 4) is 0 Å². The highest BCUT2D eigenvalue weighted by Gasteiger charge is 2.14. The first-order valence-corrected chi connectivity index (χ1v) is 4.62. The first-order valence-electron chi connectivity index (χ1n) is 3.50. The number of halogens is 1. The molecule has 12 heavy (non-hydrogen) atoms. The van der Waals surface area contributed by atoms with Crippen molar-refractivity contribution in [1.29, 1.82) is 0 Å². The Morgan fingerprint density at radius 2 is 2.50 bits per heavy atom. The summed E-state index contributed by atoms with van der Waals surface area (Å²) in [6, 6.07) is 1.77. The summed E-state index contributed by atoms with van der Waals surface area (Å²) in [5.74, 6) is -0.118. The fourth-order valence-corrected chi connectivity index (χ4v) is 1.33. The summed E-state index contributed by atoms with van der Waals surface area (Å²) in [5.41, 5.74) is 0.874. The van der Waals surface area contributed by atoms with Gasteiger partial charge in [0.15, 0.2) is 0 Å². The highest BCUT2D eigenvalue weighted by Crippen LogP contribution is 2.13. The summed E-state index contributed by atoms with van der Waals surface area (Å²) in [7, 11) is 1.34. The van der Waals surface area contributed by atoms with E-state index in [0.29, 0.717) is 5.76 Å². The van der Waals surface area contributed by atoms with Crippen molar-refractivity contribution in [3.05, 3.63) is 23.7 Å². The Morgan fingerprint density at radius 1 is 1.75 bits per heavy atom. The number of carbonyl (C=O) groups excluding carboxylic acids is 1. The zero-order valence-electron chi connectivity index (χ0n) is 6.67. The number of ether oxygens (including phenoxy) is 1. The van der Waals surface area contributed by atoms with Crippen LogP contribution in [-0.4, -0.2) is 18.4 Å². The summed E-state index contributed by atoms with van der Waals surface area (Å²) in [4.78, 5) is 11.0. The third-order valence-corrected chi connectivity index (χ3v) is 1.88. The van der Waals surface area contributed by atoms with Crippen LogP contribution < -0.4 is 0 Å². The lowest BCUT2D eigenvalue weighted by Gasteiger charge is -1.97. The van der Waals surface area contributed by atoms with Gasteiger partial charge in [0.25, 0.3) is 0 Å². The van der Waals surface area contributed by atoms with E-state index in [4.69, 9.17) is 4.42 Å². The largest absolute Gasteiger partial charge is 0.463 e. The van der Waals surface area contributed by atoms with Gasteiger partial charge in [-0.15, -0.1) is 0 Å². The molecule has 0 radical (unpaired) electrons. The van der Waals surface area contributed by atoms with E-state index in [9.17, 15) is 4.79 Å². The number of alkyl halides is 1. The van der Waals surface area contributed by atoms with E-state index in [1.165, 1.54) is 13.4 Å². The lowest BCUT2D eigenvalue weighted by molar-refractivity contribution is 0.0563. The first kappa shape index (κ1) is 9.32. The number of hydrogen-bond acceptors (Lipinski definition) is 3. The van der Waals surface area contributed by atoms with Gasteiger partial charge in [-0.1, -0.05) is 15.9 Å². The Kier molecular flexibility index (Phi) is 3.34. The maximum absolute atomic E-state index is 11.0. The predicted octanol–water partition coefficient (Wildman–Crippen LogP) is 2.00. The number of esters is 1. The molecule has 1 heterocycles. The van der Waals surface area contributed by atoms with Crippen molar-refractivity contribution in [2.24, 2.45) is 0 Å². The average molecular weight is 233 g/mol. The molecule has 0 saturated heterocycles. The Labute approximate surface area is 78.8 Å². The number of hydrogen-bond donors (Lipinski definition) is 0. The van der Waals surface area contributed by atoms with Gasteiger partial charge in [-0.25, -0.2) is 4.79 Å². The van der Waals surface area contributed by atoms with Crippen molar-refractivity contribution in [3.63, 3.8) is 0 Å². The van der Waals surface area contributed by atoms with Crippen LogP contribution >= 0.6 is 15.9 Å². The summed E-state index contributed by atoms with van der Waals surface area (Å²) in [6.07, 6.45) is 2.26. The molecule has 1 aromatic rings. The van der Waals surface area contributed by atoms with Crippen molar-refractivity contribution >= 4 is 21.9 Å². The molecule has 0 aliphatic heterocycles. The van der Waals surface area contributed by atoms with Gasteiger partial charge in [0, 0.05) is 10.9 Å². The molecule has 0 aliphatic rings.